The topological polar surface area (TPSA) is 57.0 Å². The Morgan fingerprint density at radius 2 is 2.10 bits per heavy atom. The van der Waals surface area contributed by atoms with E-state index in [9.17, 15) is 4.79 Å². The fourth-order valence-electron chi connectivity index (χ4n) is 2.48. The number of carbonyl (C=O) groups excluding carboxylic acids is 1. The average Bonchev–Trinajstić information content (AvgIpc) is 3.05. The Kier molecular flexibility index (Phi) is 3.98. The van der Waals surface area contributed by atoms with Crippen LogP contribution >= 0.6 is 11.3 Å². The summed E-state index contributed by atoms with van der Waals surface area (Å²) in [6.07, 6.45) is 5.03. The fourth-order valence-corrected chi connectivity index (χ4v) is 3.36. The predicted molar refractivity (Wildman–Crippen MR) is 82.0 cm³/mol. The lowest BCUT2D eigenvalue weighted by Gasteiger charge is -2.25. The van der Waals surface area contributed by atoms with Crippen molar-refractivity contribution in [3.8, 4) is 16.6 Å². The van der Waals surface area contributed by atoms with Crippen molar-refractivity contribution in [2.75, 3.05) is 13.1 Å². The Bertz CT molecular complexity index is 696. The van der Waals surface area contributed by atoms with Gasteiger partial charge in [0.1, 0.15) is 9.88 Å². The molecule has 1 aliphatic heterocycles. The van der Waals surface area contributed by atoms with Gasteiger partial charge in [-0.25, -0.2) is 4.98 Å². The van der Waals surface area contributed by atoms with Gasteiger partial charge in [-0.3, -0.25) is 4.79 Å². The van der Waals surface area contributed by atoms with E-state index in [1.807, 2.05) is 17.0 Å². The second-order valence-corrected chi connectivity index (χ2v) is 6.11. The molecule has 0 saturated carbocycles. The number of amides is 1. The zero-order valence-electron chi connectivity index (χ0n) is 11.6. The number of nitriles is 1. The van der Waals surface area contributed by atoms with E-state index in [1.54, 1.807) is 18.3 Å². The van der Waals surface area contributed by atoms with E-state index in [-0.39, 0.29) is 5.91 Å². The molecule has 0 atom stereocenters. The third kappa shape index (κ3) is 2.96. The zero-order chi connectivity index (χ0) is 14.7. The minimum absolute atomic E-state index is 0.0786. The molecule has 5 heteroatoms. The maximum Gasteiger partial charge on any atom is 0.265 e. The molecular weight excluding hydrogens is 282 g/mol. The van der Waals surface area contributed by atoms with Crippen molar-refractivity contribution in [2.24, 2.45) is 0 Å². The first-order chi connectivity index (χ1) is 10.3. The van der Waals surface area contributed by atoms with Crippen LogP contribution in [0, 0.1) is 11.3 Å². The number of thiazole rings is 1. The predicted octanol–water partition coefficient (Wildman–Crippen LogP) is 3.31. The molecule has 0 radical (unpaired) electrons. The van der Waals surface area contributed by atoms with E-state index in [0.717, 1.165) is 36.5 Å². The van der Waals surface area contributed by atoms with E-state index in [4.69, 9.17) is 5.26 Å². The minimum Gasteiger partial charge on any atom is -0.338 e. The molecular formula is C16H15N3OS. The van der Waals surface area contributed by atoms with Crippen molar-refractivity contribution >= 4 is 17.2 Å². The molecule has 0 spiro atoms. The lowest BCUT2D eigenvalue weighted by molar-refractivity contribution is 0.0729. The van der Waals surface area contributed by atoms with Crippen LogP contribution in [-0.2, 0) is 0 Å². The molecule has 1 aromatic carbocycles. The van der Waals surface area contributed by atoms with Gasteiger partial charge < -0.3 is 4.90 Å². The molecule has 4 nitrogen and oxygen atoms in total. The molecule has 0 aliphatic carbocycles. The maximum atomic E-state index is 12.4. The Morgan fingerprint density at radius 3 is 2.86 bits per heavy atom. The molecule has 0 N–H and O–H groups in total. The van der Waals surface area contributed by atoms with Crippen LogP contribution in [0.2, 0.25) is 0 Å². The minimum atomic E-state index is 0.0786. The number of carbonyl (C=O) groups is 1. The highest BCUT2D eigenvalue weighted by atomic mass is 32.1. The number of piperidine rings is 1. The Balaban J connectivity index is 1.82. The van der Waals surface area contributed by atoms with E-state index in [0.29, 0.717) is 10.4 Å². The Hall–Kier alpha value is -2.19. The highest BCUT2D eigenvalue weighted by molar-refractivity contribution is 7.16. The molecule has 1 fully saturated rings. The summed E-state index contributed by atoms with van der Waals surface area (Å²) in [6, 6.07) is 9.43. The van der Waals surface area contributed by atoms with Crippen LogP contribution in [0.25, 0.3) is 10.6 Å². The van der Waals surface area contributed by atoms with Crippen molar-refractivity contribution in [3.63, 3.8) is 0 Å². The lowest BCUT2D eigenvalue weighted by Crippen LogP contribution is -2.35. The van der Waals surface area contributed by atoms with Gasteiger partial charge in [-0.15, -0.1) is 11.3 Å². The van der Waals surface area contributed by atoms with Crippen LogP contribution in [0.3, 0.4) is 0 Å². The van der Waals surface area contributed by atoms with Gasteiger partial charge in [0.25, 0.3) is 5.91 Å². The largest absolute Gasteiger partial charge is 0.338 e. The number of aromatic nitrogens is 1. The molecule has 0 unspecified atom stereocenters. The molecule has 1 saturated heterocycles. The summed E-state index contributed by atoms with van der Waals surface area (Å²) in [4.78, 5) is 19.3. The summed E-state index contributed by atoms with van der Waals surface area (Å²) in [5.74, 6) is 0.0786. The second kappa shape index (κ2) is 6.06. The zero-order valence-corrected chi connectivity index (χ0v) is 12.4. The quantitative estimate of drug-likeness (QED) is 0.854. The highest BCUT2D eigenvalue weighted by Gasteiger charge is 2.20. The SMILES string of the molecule is N#Cc1cccc(-c2ncc(C(=O)N3CCCCC3)s2)c1. The standard InChI is InChI=1S/C16H15N3OS/c17-10-12-5-4-6-13(9-12)15-18-11-14(21-15)16(20)19-7-2-1-3-8-19/h4-6,9,11H,1-3,7-8H2. The number of benzene rings is 1. The third-order valence-electron chi connectivity index (χ3n) is 3.60. The summed E-state index contributed by atoms with van der Waals surface area (Å²) in [5, 5.41) is 9.73. The molecule has 1 amide bonds. The van der Waals surface area contributed by atoms with E-state index in [2.05, 4.69) is 11.1 Å². The Labute approximate surface area is 127 Å². The molecule has 106 valence electrons. The molecule has 21 heavy (non-hydrogen) atoms. The summed E-state index contributed by atoms with van der Waals surface area (Å²) >= 11 is 1.40. The van der Waals surface area contributed by atoms with E-state index >= 15 is 0 Å². The van der Waals surface area contributed by atoms with Gasteiger partial charge in [-0.05, 0) is 31.4 Å². The van der Waals surface area contributed by atoms with E-state index < -0.39 is 0 Å². The van der Waals surface area contributed by atoms with Crippen LogP contribution in [-0.4, -0.2) is 28.9 Å². The number of nitrogens with zero attached hydrogens (tertiary/aromatic N) is 3. The van der Waals surface area contributed by atoms with E-state index in [1.165, 1.54) is 17.8 Å². The lowest BCUT2D eigenvalue weighted by atomic mass is 10.1. The first-order valence-corrected chi connectivity index (χ1v) is 7.85. The smallest absolute Gasteiger partial charge is 0.265 e. The summed E-state index contributed by atoms with van der Waals surface area (Å²) < 4.78 is 0. The normalized spacial score (nSPS) is 14.7. The van der Waals surface area contributed by atoms with Gasteiger partial charge in [0, 0.05) is 18.7 Å². The molecule has 1 aliphatic rings. The molecule has 0 bridgehead atoms. The fraction of sp³-hybridized carbons (Fsp3) is 0.312. The van der Waals surface area contributed by atoms with Gasteiger partial charge in [0.2, 0.25) is 0 Å². The third-order valence-corrected chi connectivity index (χ3v) is 4.63. The van der Waals surface area contributed by atoms with Crippen molar-refractivity contribution in [1.82, 2.24) is 9.88 Å². The van der Waals surface area contributed by atoms with Crippen molar-refractivity contribution in [1.29, 1.82) is 5.26 Å². The number of hydrogen-bond donors (Lipinski definition) is 0. The number of likely N-dealkylation sites (tertiary alicyclic amines) is 1. The summed E-state index contributed by atoms with van der Waals surface area (Å²) in [6.45, 7) is 1.69. The molecule has 2 aromatic rings. The van der Waals surface area contributed by atoms with Crippen LogP contribution in [0.5, 0.6) is 0 Å². The monoisotopic (exact) mass is 297 g/mol. The number of hydrogen-bond acceptors (Lipinski definition) is 4. The maximum absolute atomic E-state index is 12.4. The van der Waals surface area contributed by atoms with Gasteiger partial charge in [-0.1, -0.05) is 12.1 Å². The summed E-state index contributed by atoms with van der Waals surface area (Å²) in [7, 11) is 0. The average molecular weight is 297 g/mol. The number of rotatable bonds is 2. The van der Waals surface area contributed by atoms with Crippen LogP contribution in [0.4, 0.5) is 0 Å². The second-order valence-electron chi connectivity index (χ2n) is 5.08. The van der Waals surface area contributed by atoms with Crippen molar-refractivity contribution in [2.45, 2.75) is 19.3 Å². The molecule has 1 aromatic heterocycles. The first kappa shape index (κ1) is 13.8. The van der Waals surface area contributed by atoms with Crippen LogP contribution < -0.4 is 0 Å². The first-order valence-electron chi connectivity index (χ1n) is 7.03. The van der Waals surface area contributed by atoms with Gasteiger partial charge >= 0.3 is 0 Å². The highest BCUT2D eigenvalue weighted by Crippen LogP contribution is 2.27. The molecule has 2 heterocycles. The Morgan fingerprint density at radius 1 is 1.29 bits per heavy atom. The van der Waals surface area contributed by atoms with Crippen molar-refractivity contribution < 1.29 is 4.79 Å². The van der Waals surface area contributed by atoms with Gasteiger partial charge in [0.05, 0.1) is 17.8 Å². The van der Waals surface area contributed by atoms with Gasteiger partial charge in [0.15, 0.2) is 0 Å². The van der Waals surface area contributed by atoms with Crippen LogP contribution in [0.15, 0.2) is 30.5 Å². The summed E-state index contributed by atoms with van der Waals surface area (Å²) in [5.41, 5.74) is 1.49. The van der Waals surface area contributed by atoms with Crippen LogP contribution in [0.1, 0.15) is 34.5 Å². The van der Waals surface area contributed by atoms with Crippen molar-refractivity contribution in [3.05, 3.63) is 40.9 Å². The molecule has 3 rings (SSSR count). The van der Waals surface area contributed by atoms with Gasteiger partial charge in [-0.2, -0.15) is 5.26 Å².